The van der Waals surface area contributed by atoms with E-state index in [0.29, 0.717) is 35.0 Å². The summed E-state index contributed by atoms with van der Waals surface area (Å²) >= 11 is 5.00. The first-order valence-electron chi connectivity index (χ1n) is 9.73. The number of thioether (sulfide) groups is 1. The molecule has 9 heteroatoms. The smallest absolute Gasteiger partial charge is 0.261 e. The van der Waals surface area contributed by atoms with Crippen LogP contribution in [0.3, 0.4) is 0 Å². The van der Waals surface area contributed by atoms with Gasteiger partial charge in [0, 0.05) is 22.4 Å². The van der Waals surface area contributed by atoms with Crippen molar-refractivity contribution in [3.8, 4) is 0 Å². The summed E-state index contributed by atoms with van der Waals surface area (Å²) in [7, 11) is 0. The number of amides is 2. The molecule has 0 bridgehead atoms. The van der Waals surface area contributed by atoms with Gasteiger partial charge in [-0.3, -0.25) is 9.59 Å². The molecule has 0 saturated heterocycles. The van der Waals surface area contributed by atoms with E-state index < -0.39 is 5.82 Å². The van der Waals surface area contributed by atoms with Gasteiger partial charge in [-0.15, -0.1) is 11.3 Å². The van der Waals surface area contributed by atoms with Gasteiger partial charge in [0.05, 0.1) is 16.1 Å². The van der Waals surface area contributed by atoms with Crippen molar-refractivity contribution < 1.29 is 14.0 Å². The van der Waals surface area contributed by atoms with Crippen LogP contribution in [0.1, 0.15) is 46.4 Å². The summed E-state index contributed by atoms with van der Waals surface area (Å²) in [5.74, 6) is 0.975. The average Bonchev–Trinajstić information content (AvgIpc) is 2.97. The van der Waals surface area contributed by atoms with E-state index in [0.717, 1.165) is 20.6 Å². The van der Waals surface area contributed by atoms with Crippen LogP contribution in [-0.4, -0.2) is 36.4 Å². The summed E-state index contributed by atoms with van der Waals surface area (Å²) in [5, 5.41) is 9.47. The van der Waals surface area contributed by atoms with Gasteiger partial charge in [-0.05, 0) is 63.9 Å². The lowest BCUT2D eigenvalue weighted by atomic mass is 9.85. The second-order valence-electron chi connectivity index (χ2n) is 7.84. The number of anilines is 2. The highest BCUT2D eigenvalue weighted by molar-refractivity contribution is 14.1. The van der Waals surface area contributed by atoms with Crippen LogP contribution in [0.4, 0.5) is 15.1 Å². The Hall–Kier alpha value is -1.33. The number of fused-ring (bicyclic) bond motifs is 1. The zero-order valence-electron chi connectivity index (χ0n) is 17.2. The van der Waals surface area contributed by atoms with Crippen molar-refractivity contribution in [3.05, 3.63) is 43.6 Å². The van der Waals surface area contributed by atoms with Crippen LogP contribution in [0.5, 0.6) is 0 Å². The van der Waals surface area contributed by atoms with Crippen LogP contribution >= 0.6 is 45.7 Å². The highest BCUT2D eigenvalue weighted by Crippen LogP contribution is 2.40. The molecule has 0 unspecified atom stereocenters. The van der Waals surface area contributed by atoms with Gasteiger partial charge in [-0.1, -0.05) is 20.8 Å². The van der Waals surface area contributed by atoms with Crippen molar-refractivity contribution in [2.75, 3.05) is 29.9 Å². The number of nitrogens with one attached hydrogen (secondary N) is 3. The number of rotatable bonds is 7. The van der Waals surface area contributed by atoms with E-state index in [4.69, 9.17) is 0 Å². The van der Waals surface area contributed by atoms with Crippen LogP contribution in [-0.2, 0) is 6.42 Å². The molecule has 0 atom stereocenters. The van der Waals surface area contributed by atoms with E-state index in [9.17, 15) is 14.0 Å². The molecule has 2 aromatic rings. The van der Waals surface area contributed by atoms with E-state index in [1.807, 2.05) is 22.6 Å². The van der Waals surface area contributed by atoms with Gasteiger partial charge in [-0.25, -0.2) is 4.39 Å². The molecule has 30 heavy (non-hydrogen) atoms. The van der Waals surface area contributed by atoms with Gasteiger partial charge in [0.1, 0.15) is 10.8 Å². The molecule has 0 fully saturated rings. The average molecular weight is 561 g/mol. The Bertz CT molecular complexity index is 962. The summed E-state index contributed by atoms with van der Waals surface area (Å²) in [6, 6.07) is 4.87. The number of halogens is 2. The van der Waals surface area contributed by atoms with Crippen molar-refractivity contribution in [3.63, 3.8) is 0 Å². The second-order valence-corrected chi connectivity index (χ2v) is 11.5. The zero-order chi connectivity index (χ0) is 21.9. The number of hydrogen-bond acceptors (Lipinski definition) is 5. The van der Waals surface area contributed by atoms with Gasteiger partial charge in [0.15, 0.2) is 0 Å². The van der Waals surface area contributed by atoms with Crippen molar-refractivity contribution in [2.45, 2.75) is 27.2 Å². The Labute approximate surface area is 198 Å². The van der Waals surface area contributed by atoms with Crippen LogP contribution < -0.4 is 16.0 Å². The first-order chi connectivity index (χ1) is 14.2. The minimum absolute atomic E-state index is 0.188. The van der Waals surface area contributed by atoms with Crippen molar-refractivity contribution in [1.29, 1.82) is 0 Å². The lowest BCUT2D eigenvalue weighted by molar-refractivity contribution is 0.0945. The zero-order valence-corrected chi connectivity index (χ0v) is 20.9. The fourth-order valence-corrected chi connectivity index (χ4v) is 5.40. The summed E-state index contributed by atoms with van der Waals surface area (Å²) in [5.41, 5.74) is 1.26. The van der Waals surface area contributed by atoms with Crippen LogP contribution in [0, 0.1) is 14.8 Å². The summed E-state index contributed by atoms with van der Waals surface area (Å²) in [6.45, 7) is 7.27. The van der Waals surface area contributed by atoms with Gasteiger partial charge < -0.3 is 16.0 Å². The fourth-order valence-electron chi connectivity index (χ4n) is 3.27. The van der Waals surface area contributed by atoms with Crippen molar-refractivity contribution in [1.82, 2.24) is 10.6 Å². The quantitative estimate of drug-likeness (QED) is 0.328. The van der Waals surface area contributed by atoms with Gasteiger partial charge >= 0.3 is 0 Å². The van der Waals surface area contributed by atoms with E-state index in [1.54, 1.807) is 23.9 Å². The van der Waals surface area contributed by atoms with E-state index >= 15 is 0 Å². The van der Waals surface area contributed by atoms with Crippen LogP contribution in [0.15, 0.2) is 18.2 Å². The third kappa shape index (κ3) is 5.47. The molecule has 1 aliphatic heterocycles. The SMILES string of the molecule is CCSCCNC(=O)c1c(Nc2ccc(I)cc2F)sc2c1CC(C)(C)CNC2=O. The monoisotopic (exact) mass is 561 g/mol. The molecule has 3 rings (SSSR count). The van der Waals surface area contributed by atoms with E-state index in [2.05, 4.69) is 36.7 Å². The maximum Gasteiger partial charge on any atom is 0.261 e. The van der Waals surface area contributed by atoms with Gasteiger partial charge in [0.2, 0.25) is 0 Å². The molecule has 0 aliphatic carbocycles. The first kappa shape index (κ1) is 23.3. The van der Waals surface area contributed by atoms with Crippen LogP contribution in [0.25, 0.3) is 0 Å². The number of carbonyl (C=O) groups excluding carboxylic acids is 2. The maximum absolute atomic E-state index is 14.5. The Morgan fingerprint density at radius 1 is 1.40 bits per heavy atom. The van der Waals surface area contributed by atoms with Crippen molar-refractivity contribution >= 4 is 68.2 Å². The second kappa shape index (κ2) is 9.86. The molecule has 2 heterocycles. The normalized spacial score (nSPS) is 15.2. The van der Waals surface area contributed by atoms with E-state index in [-0.39, 0.29) is 22.9 Å². The lowest BCUT2D eigenvalue weighted by Crippen LogP contribution is -2.32. The molecular formula is C21H25FIN3O2S2. The molecule has 2 amide bonds. The predicted molar refractivity (Wildman–Crippen MR) is 132 cm³/mol. The molecule has 1 aromatic carbocycles. The standard InChI is InChI=1S/C21H25FIN3O2S2/c1-4-29-8-7-24-18(27)16-13-10-21(2,3)11-25-19(28)17(13)30-20(16)26-15-6-5-12(23)9-14(15)22/h5-6,9,26H,4,7-8,10-11H2,1-3H3,(H,24,27)(H,25,28). The third-order valence-electron chi connectivity index (χ3n) is 4.74. The lowest BCUT2D eigenvalue weighted by Gasteiger charge is -2.22. The number of benzene rings is 1. The Morgan fingerprint density at radius 3 is 2.87 bits per heavy atom. The molecule has 0 saturated carbocycles. The highest BCUT2D eigenvalue weighted by Gasteiger charge is 2.34. The maximum atomic E-state index is 14.5. The molecule has 162 valence electrons. The summed E-state index contributed by atoms with van der Waals surface area (Å²) < 4.78 is 15.2. The Kier molecular flexibility index (Phi) is 7.67. The summed E-state index contributed by atoms with van der Waals surface area (Å²) in [4.78, 5) is 26.4. The third-order valence-corrected chi connectivity index (χ3v) is 7.46. The minimum atomic E-state index is -0.402. The van der Waals surface area contributed by atoms with Crippen molar-refractivity contribution in [2.24, 2.45) is 5.41 Å². The number of hydrogen-bond donors (Lipinski definition) is 3. The molecule has 5 nitrogen and oxygen atoms in total. The molecule has 3 N–H and O–H groups in total. The fraction of sp³-hybridized carbons (Fsp3) is 0.429. The highest BCUT2D eigenvalue weighted by atomic mass is 127. The number of thiophene rings is 1. The van der Waals surface area contributed by atoms with Gasteiger partial charge in [0.25, 0.3) is 11.8 Å². The molecule has 1 aliphatic rings. The largest absolute Gasteiger partial charge is 0.351 e. The molecular weight excluding hydrogens is 536 g/mol. The topological polar surface area (TPSA) is 70.2 Å². The van der Waals surface area contributed by atoms with Crippen LogP contribution in [0.2, 0.25) is 0 Å². The Balaban J connectivity index is 2.01. The molecule has 1 aromatic heterocycles. The number of carbonyl (C=O) groups is 2. The predicted octanol–water partition coefficient (Wildman–Crippen LogP) is 5.03. The van der Waals surface area contributed by atoms with Gasteiger partial charge in [-0.2, -0.15) is 11.8 Å². The first-order valence-corrected chi connectivity index (χ1v) is 12.8. The minimum Gasteiger partial charge on any atom is -0.351 e. The summed E-state index contributed by atoms with van der Waals surface area (Å²) in [6.07, 6.45) is 0.584. The molecule has 0 spiro atoms. The molecule has 0 radical (unpaired) electrons. The van der Waals surface area contributed by atoms with E-state index in [1.165, 1.54) is 17.4 Å². The Morgan fingerprint density at radius 2 is 2.17 bits per heavy atom.